The summed E-state index contributed by atoms with van der Waals surface area (Å²) in [5, 5.41) is 9.06. The van der Waals surface area contributed by atoms with Gasteiger partial charge < -0.3 is 9.84 Å². The maximum Gasteiger partial charge on any atom is 0.574 e. The number of halogens is 4. The van der Waals surface area contributed by atoms with Crippen LogP contribution in [0.5, 0.6) is 11.6 Å². The van der Waals surface area contributed by atoms with Crippen LogP contribution in [0.25, 0.3) is 0 Å². The van der Waals surface area contributed by atoms with Crippen LogP contribution in [0, 0.1) is 6.92 Å². The molecule has 0 amide bonds. The van der Waals surface area contributed by atoms with Crippen molar-refractivity contribution < 1.29 is 27.4 Å². The summed E-state index contributed by atoms with van der Waals surface area (Å²) in [6.07, 6.45) is -4.96. The fraction of sp³-hybridized carbons (Fsp3) is 0.375. The molecule has 0 saturated heterocycles. The summed E-state index contributed by atoms with van der Waals surface area (Å²) in [4.78, 5) is 3.21. The van der Waals surface area contributed by atoms with Crippen molar-refractivity contribution in [3.8, 4) is 11.6 Å². The van der Waals surface area contributed by atoms with Gasteiger partial charge in [-0.05, 0) is 18.6 Å². The number of aromatic nitrogens is 1. The van der Waals surface area contributed by atoms with Crippen molar-refractivity contribution in [2.45, 2.75) is 20.0 Å². The molecule has 0 fully saturated rings. The number of alkyl halides is 4. The minimum Gasteiger partial charge on any atom is -0.503 e. The number of aromatic hydroxyl groups is 1. The predicted molar refractivity (Wildman–Crippen MR) is 42.1 cm³/mol. The highest BCUT2D eigenvalue weighted by Gasteiger charge is 2.33. The summed E-state index contributed by atoms with van der Waals surface area (Å²) in [5.41, 5.74) is 0.0524. The van der Waals surface area contributed by atoms with Gasteiger partial charge in [0.05, 0.1) is 5.69 Å². The van der Waals surface area contributed by atoms with Crippen LogP contribution in [0.4, 0.5) is 17.6 Å². The van der Waals surface area contributed by atoms with Gasteiger partial charge in [0.15, 0.2) is 5.75 Å². The molecular formula is C8H7F4NO2. The molecule has 0 aliphatic heterocycles. The first-order chi connectivity index (χ1) is 6.83. The lowest BCUT2D eigenvalue weighted by Gasteiger charge is -2.11. The smallest absolute Gasteiger partial charge is 0.503 e. The van der Waals surface area contributed by atoms with Gasteiger partial charge in [-0.15, -0.1) is 13.2 Å². The Bertz CT molecular complexity index is 364. The zero-order valence-corrected chi connectivity index (χ0v) is 7.60. The van der Waals surface area contributed by atoms with Crippen LogP contribution in [0.3, 0.4) is 0 Å². The molecule has 0 unspecified atom stereocenters. The molecule has 1 rings (SSSR count). The normalized spacial score (nSPS) is 11.5. The van der Waals surface area contributed by atoms with E-state index in [1.54, 1.807) is 0 Å². The molecule has 84 valence electrons. The van der Waals surface area contributed by atoms with E-state index in [2.05, 4.69) is 9.72 Å². The summed E-state index contributed by atoms with van der Waals surface area (Å²) in [6, 6.07) is 0.961. The molecule has 1 aromatic rings. The van der Waals surface area contributed by atoms with Crippen LogP contribution in [0.15, 0.2) is 6.07 Å². The van der Waals surface area contributed by atoms with E-state index in [0.717, 1.165) is 6.07 Å². The van der Waals surface area contributed by atoms with E-state index < -0.39 is 24.7 Å². The molecule has 15 heavy (non-hydrogen) atoms. The molecule has 3 nitrogen and oxygen atoms in total. The highest BCUT2D eigenvalue weighted by Crippen LogP contribution is 2.30. The van der Waals surface area contributed by atoms with Gasteiger partial charge in [-0.3, -0.25) is 0 Å². The van der Waals surface area contributed by atoms with Crippen LogP contribution in [0.2, 0.25) is 0 Å². The Hall–Kier alpha value is -1.53. The molecule has 0 radical (unpaired) electrons. The van der Waals surface area contributed by atoms with Crippen LogP contribution in [-0.4, -0.2) is 16.5 Å². The van der Waals surface area contributed by atoms with Crippen molar-refractivity contribution >= 4 is 0 Å². The Morgan fingerprint density at radius 1 is 1.47 bits per heavy atom. The number of aryl methyl sites for hydroxylation is 1. The van der Waals surface area contributed by atoms with Gasteiger partial charge in [-0.25, -0.2) is 9.37 Å². The average molecular weight is 225 g/mol. The second-order valence-corrected chi connectivity index (χ2v) is 2.76. The van der Waals surface area contributed by atoms with Gasteiger partial charge in [-0.2, -0.15) is 0 Å². The van der Waals surface area contributed by atoms with Gasteiger partial charge >= 0.3 is 6.36 Å². The minimum absolute atomic E-state index is 0.202. The minimum atomic E-state index is -4.96. The fourth-order valence-electron chi connectivity index (χ4n) is 0.938. The molecule has 0 aromatic carbocycles. The quantitative estimate of drug-likeness (QED) is 0.786. The molecular weight excluding hydrogens is 218 g/mol. The van der Waals surface area contributed by atoms with E-state index in [-0.39, 0.29) is 11.3 Å². The van der Waals surface area contributed by atoms with E-state index in [4.69, 9.17) is 5.11 Å². The molecule has 0 atom stereocenters. The Labute approximate surface area is 82.3 Å². The fourth-order valence-corrected chi connectivity index (χ4v) is 0.938. The Balaban J connectivity index is 3.08. The Morgan fingerprint density at radius 3 is 2.53 bits per heavy atom. The zero-order chi connectivity index (χ0) is 11.6. The number of rotatable bonds is 2. The van der Waals surface area contributed by atoms with E-state index in [1.807, 2.05) is 0 Å². The molecule has 1 N–H and O–H groups in total. The largest absolute Gasteiger partial charge is 0.574 e. The second kappa shape index (κ2) is 3.92. The molecule has 0 aliphatic carbocycles. The van der Waals surface area contributed by atoms with Crippen LogP contribution in [-0.2, 0) is 6.67 Å². The zero-order valence-electron chi connectivity index (χ0n) is 7.60. The number of nitrogens with zero attached hydrogens (tertiary/aromatic N) is 1. The molecule has 1 heterocycles. The van der Waals surface area contributed by atoms with E-state index in [0.29, 0.717) is 0 Å². The van der Waals surface area contributed by atoms with Crippen molar-refractivity contribution in [2.75, 3.05) is 0 Å². The average Bonchev–Trinajstić information content (AvgIpc) is 2.07. The maximum absolute atomic E-state index is 12.2. The van der Waals surface area contributed by atoms with E-state index >= 15 is 0 Å². The SMILES string of the molecule is Cc1cc(O)c(OC(F)(F)F)nc1CF. The standard InChI is InChI=1S/C8H7F4NO2/c1-4-2-6(14)7(13-5(4)3-9)15-8(10,11)12/h2,14H,3H2,1H3. The summed E-state index contributed by atoms with van der Waals surface area (Å²) in [7, 11) is 0. The van der Waals surface area contributed by atoms with Crippen molar-refractivity contribution in [1.82, 2.24) is 4.98 Å². The molecule has 0 spiro atoms. The van der Waals surface area contributed by atoms with Gasteiger partial charge in [0, 0.05) is 0 Å². The van der Waals surface area contributed by atoms with Gasteiger partial charge in [-0.1, -0.05) is 0 Å². The first-order valence-electron chi connectivity index (χ1n) is 3.84. The lowest BCUT2D eigenvalue weighted by atomic mass is 10.2. The number of ether oxygens (including phenoxy) is 1. The molecule has 0 saturated carbocycles. The van der Waals surface area contributed by atoms with Crippen molar-refractivity contribution in [1.29, 1.82) is 0 Å². The second-order valence-electron chi connectivity index (χ2n) is 2.76. The summed E-state index contributed by atoms with van der Waals surface area (Å²) >= 11 is 0. The highest BCUT2D eigenvalue weighted by molar-refractivity contribution is 5.38. The van der Waals surface area contributed by atoms with Crippen molar-refractivity contribution in [3.05, 3.63) is 17.3 Å². The maximum atomic E-state index is 12.2. The third-order valence-electron chi connectivity index (χ3n) is 1.60. The first kappa shape index (κ1) is 11.5. The summed E-state index contributed by atoms with van der Waals surface area (Å²) < 4.78 is 51.0. The number of hydrogen-bond donors (Lipinski definition) is 1. The topological polar surface area (TPSA) is 42.4 Å². The lowest BCUT2D eigenvalue weighted by Crippen LogP contribution is -2.18. The third-order valence-corrected chi connectivity index (χ3v) is 1.60. The Kier molecular flexibility index (Phi) is 3.01. The van der Waals surface area contributed by atoms with Gasteiger partial charge in [0.1, 0.15) is 6.67 Å². The Morgan fingerprint density at radius 2 is 2.07 bits per heavy atom. The third kappa shape index (κ3) is 2.97. The lowest BCUT2D eigenvalue weighted by molar-refractivity contribution is -0.276. The van der Waals surface area contributed by atoms with E-state index in [9.17, 15) is 17.6 Å². The number of pyridine rings is 1. The molecule has 7 heteroatoms. The van der Waals surface area contributed by atoms with Crippen LogP contribution >= 0.6 is 0 Å². The van der Waals surface area contributed by atoms with Crippen molar-refractivity contribution in [3.63, 3.8) is 0 Å². The monoisotopic (exact) mass is 225 g/mol. The van der Waals surface area contributed by atoms with Crippen LogP contribution < -0.4 is 4.74 Å². The molecule has 1 aromatic heterocycles. The first-order valence-corrected chi connectivity index (χ1v) is 3.84. The molecule has 0 aliphatic rings. The van der Waals surface area contributed by atoms with Gasteiger partial charge in [0.25, 0.3) is 5.88 Å². The molecule has 0 bridgehead atoms. The summed E-state index contributed by atoms with van der Waals surface area (Å²) in [5.74, 6) is -1.82. The van der Waals surface area contributed by atoms with Crippen molar-refractivity contribution in [2.24, 2.45) is 0 Å². The van der Waals surface area contributed by atoms with Gasteiger partial charge in [0.2, 0.25) is 0 Å². The highest BCUT2D eigenvalue weighted by atomic mass is 19.4. The van der Waals surface area contributed by atoms with E-state index in [1.165, 1.54) is 6.92 Å². The summed E-state index contributed by atoms with van der Waals surface area (Å²) in [6.45, 7) is 0.388. The van der Waals surface area contributed by atoms with Crippen LogP contribution in [0.1, 0.15) is 11.3 Å². The predicted octanol–water partition coefficient (Wildman–Crippen LogP) is 2.46. The number of hydrogen-bond acceptors (Lipinski definition) is 3.